The van der Waals surface area contributed by atoms with Crippen LogP contribution >= 0.6 is 27.7 Å². The summed E-state index contributed by atoms with van der Waals surface area (Å²) in [5.41, 5.74) is 0. The number of benzene rings is 1. The molecule has 2 aromatic rings. The number of aliphatic hydroxyl groups is 1. The van der Waals surface area contributed by atoms with E-state index in [4.69, 9.17) is 5.11 Å². The van der Waals surface area contributed by atoms with Crippen LogP contribution in [0.25, 0.3) is 0 Å². The number of H-pyrrole nitrogens is 1. The van der Waals surface area contributed by atoms with E-state index in [1.165, 1.54) is 0 Å². The van der Waals surface area contributed by atoms with Gasteiger partial charge in [-0.15, -0.1) is 11.8 Å². The molecule has 0 aliphatic rings. The Kier molecular flexibility index (Phi) is 3.98. The van der Waals surface area contributed by atoms with Gasteiger partial charge in [-0.1, -0.05) is 22.0 Å². The van der Waals surface area contributed by atoms with Crippen LogP contribution in [0.1, 0.15) is 11.6 Å². The first-order chi connectivity index (χ1) is 7.78. The van der Waals surface area contributed by atoms with Crippen molar-refractivity contribution in [3.63, 3.8) is 0 Å². The van der Waals surface area contributed by atoms with Crippen LogP contribution < -0.4 is 0 Å². The van der Waals surface area contributed by atoms with Crippen molar-refractivity contribution in [1.82, 2.24) is 15.2 Å². The smallest absolute Gasteiger partial charge is 0.176 e. The van der Waals surface area contributed by atoms with Gasteiger partial charge in [-0.25, -0.2) is 4.98 Å². The van der Waals surface area contributed by atoms with E-state index in [0.29, 0.717) is 11.6 Å². The second-order valence-corrected chi connectivity index (χ2v) is 5.07. The number of thioether (sulfide) groups is 1. The lowest BCUT2D eigenvalue weighted by atomic mass is 10.4. The molecule has 1 aromatic heterocycles. The molecule has 1 heterocycles. The highest BCUT2D eigenvalue weighted by Gasteiger charge is 2.02. The van der Waals surface area contributed by atoms with E-state index in [2.05, 4.69) is 31.1 Å². The van der Waals surface area contributed by atoms with Crippen LogP contribution in [-0.2, 0) is 12.4 Å². The van der Waals surface area contributed by atoms with Gasteiger partial charge in [0.1, 0.15) is 12.4 Å². The van der Waals surface area contributed by atoms with Crippen molar-refractivity contribution in [1.29, 1.82) is 0 Å². The van der Waals surface area contributed by atoms with Crippen LogP contribution in [0.3, 0.4) is 0 Å². The second-order valence-electron chi connectivity index (χ2n) is 3.10. The standard InChI is InChI=1S/C10H10BrN3OS/c11-7-2-1-3-8(4-7)16-6-10-12-9(5-15)13-14-10/h1-4,15H,5-6H2,(H,12,13,14). The Morgan fingerprint density at radius 2 is 2.31 bits per heavy atom. The molecule has 0 radical (unpaired) electrons. The zero-order valence-corrected chi connectivity index (χ0v) is 10.8. The Morgan fingerprint density at radius 3 is 3.00 bits per heavy atom. The van der Waals surface area contributed by atoms with Crippen molar-refractivity contribution in [2.24, 2.45) is 0 Å². The molecule has 0 aliphatic carbocycles. The molecular weight excluding hydrogens is 290 g/mol. The molecule has 0 atom stereocenters. The van der Waals surface area contributed by atoms with Gasteiger partial charge in [0.15, 0.2) is 5.82 Å². The van der Waals surface area contributed by atoms with Crippen molar-refractivity contribution in [3.05, 3.63) is 40.4 Å². The van der Waals surface area contributed by atoms with E-state index in [1.54, 1.807) is 11.8 Å². The number of halogens is 1. The number of aromatic amines is 1. The maximum atomic E-state index is 8.81. The van der Waals surface area contributed by atoms with Gasteiger partial charge in [0.25, 0.3) is 0 Å². The zero-order valence-electron chi connectivity index (χ0n) is 8.35. The monoisotopic (exact) mass is 299 g/mol. The molecule has 0 spiro atoms. The van der Waals surface area contributed by atoms with E-state index in [1.807, 2.05) is 24.3 Å². The third-order valence-electron chi connectivity index (χ3n) is 1.89. The molecule has 4 nitrogen and oxygen atoms in total. The summed E-state index contributed by atoms with van der Waals surface area (Å²) in [7, 11) is 0. The summed E-state index contributed by atoms with van der Waals surface area (Å²) in [4.78, 5) is 5.28. The molecule has 2 N–H and O–H groups in total. The topological polar surface area (TPSA) is 61.8 Å². The van der Waals surface area contributed by atoms with Crippen LogP contribution in [0.15, 0.2) is 33.6 Å². The average molecular weight is 300 g/mol. The maximum Gasteiger partial charge on any atom is 0.176 e. The molecule has 16 heavy (non-hydrogen) atoms. The Bertz CT molecular complexity index is 475. The fourth-order valence-electron chi connectivity index (χ4n) is 1.18. The molecule has 0 unspecified atom stereocenters. The third-order valence-corrected chi connectivity index (χ3v) is 3.39. The maximum absolute atomic E-state index is 8.81. The lowest BCUT2D eigenvalue weighted by molar-refractivity contribution is 0.272. The summed E-state index contributed by atoms with van der Waals surface area (Å²) < 4.78 is 1.06. The summed E-state index contributed by atoms with van der Waals surface area (Å²) in [6.07, 6.45) is 0. The van der Waals surface area contributed by atoms with Gasteiger partial charge >= 0.3 is 0 Å². The minimum atomic E-state index is -0.127. The van der Waals surface area contributed by atoms with Crippen LogP contribution in [0.5, 0.6) is 0 Å². The minimum Gasteiger partial charge on any atom is -0.388 e. The lowest BCUT2D eigenvalue weighted by Crippen LogP contribution is -1.86. The Balaban J connectivity index is 1.96. The van der Waals surface area contributed by atoms with Crippen LogP contribution in [0.2, 0.25) is 0 Å². The van der Waals surface area contributed by atoms with Gasteiger partial charge in [0.05, 0.1) is 5.75 Å². The molecule has 84 valence electrons. The largest absolute Gasteiger partial charge is 0.388 e. The molecule has 0 bridgehead atoms. The van der Waals surface area contributed by atoms with Gasteiger partial charge in [0.2, 0.25) is 0 Å². The van der Waals surface area contributed by atoms with E-state index in [-0.39, 0.29) is 6.61 Å². The van der Waals surface area contributed by atoms with E-state index in [0.717, 1.165) is 15.2 Å². The van der Waals surface area contributed by atoms with Crippen molar-refractivity contribution >= 4 is 27.7 Å². The number of nitrogens with zero attached hydrogens (tertiary/aromatic N) is 2. The van der Waals surface area contributed by atoms with Crippen molar-refractivity contribution in [2.75, 3.05) is 0 Å². The first kappa shape index (κ1) is 11.6. The highest BCUT2D eigenvalue weighted by atomic mass is 79.9. The van der Waals surface area contributed by atoms with E-state index in [9.17, 15) is 0 Å². The minimum absolute atomic E-state index is 0.127. The Hall–Kier alpha value is -0.850. The number of aliphatic hydroxyl groups excluding tert-OH is 1. The molecule has 2 rings (SSSR count). The predicted molar refractivity (Wildman–Crippen MR) is 66.0 cm³/mol. The summed E-state index contributed by atoms with van der Waals surface area (Å²) in [6, 6.07) is 8.07. The van der Waals surface area contributed by atoms with Gasteiger partial charge in [0, 0.05) is 9.37 Å². The molecule has 0 fully saturated rings. The van der Waals surface area contributed by atoms with Gasteiger partial charge in [-0.2, -0.15) is 5.10 Å². The molecule has 0 saturated carbocycles. The fraction of sp³-hybridized carbons (Fsp3) is 0.200. The van der Waals surface area contributed by atoms with Crippen LogP contribution in [-0.4, -0.2) is 20.3 Å². The SMILES string of the molecule is OCc1n[nH]c(CSc2cccc(Br)c2)n1. The highest BCUT2D eigenvalue weighted by molar-refractivity contribution is 9.10. The molecule has 0 aliphatic heterocycles. The number of rotatable bonds is 4. The summed E-state index contributed by atoms with van der Waals surface area (Å²) in [6.45, 7) is -0.127. The van der Waals surface area contributed by atoms with Gasteiger partial charge in [-0.05, 0) is 18.2 Å². The lowest BCUT2D eigenvalue weighted by Gasteiger charge is -1.99. The zero-order chi connectivity index (χ0) is 11.4. The van der Waals surface area contributed by atoms with Gasteiger partial charge < -0.3 is 5.11 Å². The molecule has 6 heteroatoms. The number of hydrogen-bond donors (Lipinski definition) is 2. The van der Waals surface area contributed by atoms with Crippen molar-refractivity contribution in [2.45, 2.75) is 17.3 Å². The molecule has 0 saturated heterocycles. The summed E-state index contributed by atoms with van der Waals surface area (Å²) in [5.74, 6) is 1.92. The highest BCUT2D eigenvalue weighted by Crippen LogP contribution is 2.24. The molecular formula is C10H10BrN3OS. The first-order valence-corrected chi connectivity index (χ1v) is 6.45. The van der Waals surface area contributed by atoms with Crippen LogP contribution in [0, 0.1) is 0 Å². The second kappa shape index (κ2) is 5.47. The first-order valence-electron chi connectivity index (χ1n) is 4.67. The van der Waals surface area contributed by atoms with Crippen molar-refractivity contribution in [3.8, 4) is 0 Å². The van der Waals surface area contributed by atoms with Crippen molar-refractivity contribution < 1.29 is 5.11 Å². The van der Waals surface area contributed by atoms with E-state index < -0.39 is 0 Å². The number of nitrogens with one attached hydrogen (secondary N) is 1. The molecule has 0 amide bonds. The summed E-state index contributed by atoms with van der Waals surface area (Å²) in [5, 5.41) is 15.5. The third kappa shape index (κ3) is 3.07. The van der Waals surface area contributed by atoms with E-state index >= 15 is 0 Å². The van der Waals surface area contributed by atoms with Gasteiger partial charge in [-0.3, -0.25) is 5.10 Å². The quantitative estimate of drug-likeness (QED) is 0.851. The predicted octanol–water partition coefficient (Wildman–Crippen LogP) is 2.35. The Labute approximate surface area is 106 Å². The van der Waals surface area contributed by atoms with Crippen LogP contribution in [0.4, 0.5) is 0 Å². The Morgan fingerprint density at radius 1 is 1.44 bits per heavy atom. The normalized spacial score (nSPS) is 10.6. The average Bonchev–Trinajstić information content (AvgIpc) is 2.74. The number of hydrogen-bond acceptors (Lipinski definition) is 4. The number of aromatic nitrogens is 3. The summed E-state index contributed by atoms with van der Waals surface area (Å²) >= 11 is 5.09. The molecule has 1 aromatic carbocycles. The fourth-order valence-corrected chi connectivity index (χ4v) is 2.55.